The fraction of sp³-hybridized carbons (Fsp3) is 0.462. The third-order valence-electron chi connectivity index (χ3n) is 2.61. The third-order valence-corrected chi connectivity index (χ3v) is 2.91. The first-order valence-corrected chi connectivity index (χ1v) is 6.57. The summed E-state index contributed by atoms with van der Waals surface area (Å²) >= 11 is 6.02. The number of hydrogen-bond acceptors (Lipinski definition) is 4. The Balaban J connectivity index is 2.96. The van der Waals surface area contributed by atoms with Crippen LogP contribution in [0.2, 0.25) is 5.02 Å². The van der Waals surface area contributed by atoms with Crippen molar-refractivity contribution in [3.63, 3.8) is 0 Å². The summed E-state index contributed by atoms with van der Waals surface area (Å²) in [5, 5.41) is 12.0. The summed E-state index contributed by atoms with van der Waals surface area (Å²) in [7, 11) is 0. The molecule has 5 nitrogen and oxygen atoms in total. The Morgan fingerprint density at radius 3 is 2.89 bits per heavy atom. The third kappa shape index (κ3) is 4.11. The Morgan fingerprint density at radius 2 is 2.32 bits per heavy atom. The maximum Gasteiger partial charge on any atom is 0.255 e. The van der Waals surface area contributed by atoms with Crippen LogP contribution in [-0.2, 0) is 0 Å². The van der Waals surface area contributed by atoms with E-state index in [0.29, 0.717) is 42.5 Å². The SMILES string of the molecule is CCNc1cc(C(=O)N(CC)CCC#N)c(Cl)cn1. The van der Waals surface area contributed by atoms with Crippen molar-refractivity contribution < 1.29 is 4.79 Å². The molecule has 1 aromatic rings. The van der Waals surface area contributed by atoms with E-state index in [1.165, 1.54) is 6.20 Å². The highest BCUT2D eigenvalue weighted by atomic mass is 35.5. The molecule has 1 amide bonds. The summed E-state index contributed by atoms with van der Waals surface area (Å²) in [6, 6.07) is 3.68. The average Bonchev–Trinajstić information content (AvgIpc) is 2.42. The number of rotatable bonds is 6. The molecular formula is C13H17ClN4O. The first-order chi connectivity index (χ1) is 9.13. The number of carbonyl (C=O) groups is 1. The van der Waals surface area contributed by atoms with Crippen molar-refractivity contribution in [3.8, 4) is 6.07 Å². The smallest absolute Gasteiger partial charge is 0.255 e. The summed E-state index contributed by atoms with van der Waals surface area (Å²) in [6.07, 6.45) is 1.77. The number of hydrogen-bond donors (Lipinski definition) is 1. The summed E-state index contributed by atoms with van der Waals surface area (Å²) < 4.78 is 0. The largest absolute Gasteiger partial charge is 0.370 e. The second kappa shape index (κ2) is 7.59. The molecule has 1 aromatic heterocycles. The van der Waals surface area contributed by atoms with Crippen LogP contribution in [0.3, 0.4) is 0 Å². The summed E-state index contributed by atoms with van der Waals surface area (Å²) in [6.45, 7) is 5.48. The number of nitriles is 1. The van der Waals surface area contributed by atoms with E-state index in [0.717, 1.165) is 0 Å². The normalized spacial score (nSPS) is 9.79. The first-order valence-electron chi connectivity index (χ1n) is 6.19. The standard InChI is InChI=1S/C13H17ClN4O/c1-3-16-12-8-10(11(14)9-17-12)13(19)18(4-2)7-5-6-15/h8-9H,3-5,7H2,1-2H3,(H,16,17). The second-order valence-corrected chi connectivity index (χ2v) is 4.28. The van der Waals surface area contributed by atoms with Gasteiger partial charge in [-0.3, -0.25) is 4.79 Å². The lowest BCUT2D eigenvalue weighted by Crippen LogP contribution is -2.32. The van der Waals surface area contributed by atoms with E-state index >= 15 is 0 Å². The maximum atomic E-state index is 12.3. The molecule has 19 heavy (non-hydrogen) atoms. The zero-order valence-corrected chi connectivity index (χ0v) is 11.9. The molecule has 0 aliphatic rings. The van der Waals surface area contributed by atoms with Crippen LogP contribution < -0.4 is 5.32 Å². The molecule has 0 saturated heterocycles. The Bertz CT molecular complexity index is 484. The molecule has 0 atom stereocenters. The number of anilines is 1. The van der Waals surface area contributed by atoms with Crippen molar-refractivity contribution in [2.24, 2.45) is 0 Å². The number of nitrogens with one attached hydrogen (secondary N) is 1. The molecule has 6 heteroatoms. The van der Waals surface area contributed by atoms with Crippen LogP contribution in [0.25, 0.3) is 0 Å². The molecule has 102 valence electrons. The fourth-order valence-corrected chi connectivity index (χ4v) is 1.82. The summed E-state index contributed by atoms with van der Waals surface area (Å²) in [5.74, 6) is 0.441. The molecule has 0 fully saturated rings. The summed E-state index contributed by atoms with van der Waals surface area (Å²) in [4.78, 5) is 18.0. The fourth-order valence-electron chi connectivity index (χ4n) is 1.64. The number of halogens is 1. The highest BCUT2D eigenvalue weighted by molar-refractivity contribution is 6.33. The summed E-state index contributed by atoms with van der Waals surface area (Å²) in [5.41, 5.74) is 0.410. The number of aromatic nitrogens is 1. The van der Waals surface area contributed by atoms with Crippen LogP contribution >= 0.6 is 11.6 Å². The van der Waals surface area contributed by atoms with Gasteiger partial charge in [-0.05, 0) is 19.9 Å². The number of nitrogens with zero attached hydrogens (tertiary/aromatic N) is 3. The number of pyridine rings is 1. The van der Waals surface area contributed by atoms with Crippen LogP contribution in [0.5, 0.6) is 0 Å². The van der Waals surface area contributed by atoms with E-state index in [2.05, 4.69) is 10.3 Å². The molecule has 0 radical (unpaired) electrons. The highest BCUT2D eigenvalue weighted by Gasteiger charge is 2.17. The van der Waals surface area contributed by atoms with Gasteiger partial charge in [0.1, 0.15) is 5.82 Å². The van der Waals surface area contributed by atoms with Crippen molar-refractivity contribution in [1.29, 1.82) is 5.26 Å². The Morgan fingerprint density at radius 1 is 1.58 bits per heavy atom. The average molecular weight is 281 g/mol. The zero-order valence-electron chi connectivity index (χ0n) is 11.1. The number of amides is 1. The first kappa shape index (κ1) is 15.3. The van der Waals surface area contributed by atoms with Crippen molar-refractivity contribution >= 4 is 23.3 Å². The predicted octanol–water partition coefficient (Wildman–Crippen LogP) is 2.54. The monoisotopic (exact) mass is 280 g/mol. The van der Waals surface area contributed by atoms with Gasteiger partial charge in [0.15, 0.2) is 0 Å². The molecule has 0 aromatic carbocycles. The van der Waals surface area contributed by atoms with E-state index in [4.69, 9.17) is 16.9 Å². The van der Waals surface area contributed by atoms with Gasteiger partial charge in [-0.1, -0.05) is 11.6 Å². The van der Waals surface area contributed by atoms with E-state index < -0.39 is 0 Å². The molecule has 0 unspecified atom stereocenters. The van der Waals surface area contributed by atoms with E-state index in [9.17, 15) is 4.79 Å². The van der Waals surface area contributed by atoms with Gasteiger partial charge in [-0.15, -0.1) is 0 Å². The zero-order chi connectivity index (χ0) is 14.3. The minimum atomic E-state index is -0.177. The van der Waals surface area contributed by atoms with E-state index in [1.807, 2.05) is 19.9 Å². The molecule has 0 bridgehead atoms. The van der Waals surface area contributed by atoms with Gasteiger partial charge in [0, 0.05) is 25.8 Å². The molecule has 1 N–H and O–H groups in total. The quantitative estimate of drug-likeness (QED) is 0.869. The van der Waals surface area contributed by atoms with Crippen LogP contribution in [0.4, 0.5) is 5.82 Å². The van der Waals surface area contributed by atoms with Crippen LogP contribution in [0.15, 0.2) is 12.3 Å². The van der Waals surface area contributed by atoms with E-state index in [-0.39, 0.29) is 5.91 Å². The highest BCUT2D eigenvalue weighted by Crippen LogP contribution is 2.20. The van der Waals surface area contributed by atoms with Gasteiger partial charge in [0.2, 0.25) is 0 Å². The Labute approximate surface area is 118 Å². The van der Waals surface area contributed by atoms with Crippen molar-refractivity contribution in [2.75, 3.05) is 25.0 Å². The van der Waals surface area contributed by atoms with Gasteiger partial charge in [0.05, 0.1) is 23.1 Å². The van der Waals surface area contributed by atoms with Gasteiger partial charge < -0.3 is 10.2 Å². The van der Waals surface area contributed by atoms with Crippen molar-refractivity contribution in [1.82, 2.24) is 9.88 Å². The minimum absolute atomic E-state index is 0.177. The Hall–Kier alpha value is -1.80. The minimum Gasteiger partial charge on any atom is -0.370 e. The predicted molar refractivity (Wildman–Crippen MR) is 75.2 cm³/mol. The lowest BCUT2D eigenvalue weighted by molar-refractivity contribution is 0.0768. The van der Waals surface area contributed by atoms with Crippen molar-refractivity contribution in [2.45, 2.75) is 20.3 Å². The second-order valence-electron chi connectivity index (χ2n) is 3.87. The lowest BCUT2D eigenvalue weighted by atomic mass is 10.2. The van der Waals surface area contributed by atoms with Gasteiger partial charge in [-0.2, -0.15) is 5.26 Å². The van der Waals surface area contributed by atoms with Gasteiger partial charge in [0.25, 0.3) is 5.91 Å². The molecule has 0 aliphatic carbocycles. The maximum absolute atomic E-state index is 12.3. The molecule has 1 heterocycles. The molecule has 0 spiro atoms. The Kier molecular flexibility index (Phi) is 6.10. The van der Waals surface area contributed by atoms with Gasteiger partial charge >= 0.3 is 0 Å². The topological polar surface area (TPSA) is 69.0 Å². The molecular weight excluding hydrogens is 264 g/mol. The molecule has 1 rings (SSSR count). The molecule has 0 saturated carbocycles. The molecule has 0 aliphatic heterocycles. The van der Waals surface area contributed by atoms with E-state index in [1.54, 1.807) is 11.0 Å². The van der Waals surface area contributed by atoms with Gasteiger partial charge in [-0.25, -0.2) is 4.98 Å². The van der Waals surface area contributed by atoms with Crippen LogP contribution in [-0.4, -0.2) is 35.4 Å². The number of carbonyl (C=O) groups excluding carboxylic acids is 1. The van der Waals surface area contributed by atoms with Crippen LogP contribution in [0.1, 0.15) is 30.6 Å². The lowest BCUT2D eigenvalue weighted by Gasteiger charge is -2.20. The van der Waals surface area contributed by atoms with Crippen LogP contribution in [0, 0.1) is 11.3 Å². The van der Waals surface area contributed by atoms with Crippen molar-refractivity contribution in [3.05, 3.63) is 22.8 Å².